The summed E-state index contributed by atoms with van der Waals surface area (Å²) >= 11 is 0. The fraction of sp³-hybridized carbons (Fsp3) is 0.438. The lowest BCUT2D eigenvalue weighted by molar-refractivity contribution is -0.139. The van der Waals surface area contributed by atoms with Crippen LogP contribution in [0, 0.1) is 0 Å². The minimum atomic E-state index is -1.36. The first-order valence-corrected chi connectivity index (χ1v) is 7.02. The molecule has 0 fully saturated rings. The van der Waals surface area contributed by atoms with Crippen molar-refractivity contribution in [2.75, 3.05) is 7.11 Å². The normalized spacial score (nSPS) is 12.2. The second kappa shape index (κ2) is 7.62. The molecule has 7 heteroatoms. The lowest BCUT2D eigenvalue weighted by Crippen LogP contribution is -2.44. The van der Waals surface area contributed by atoms with Crippen LogP contribution in [0.3, 0.4) is 0 Å². The van der Waals surface area contributed by atoms with Gasteiger partial charge in [0.25, 0.3) is 0 Å². The molecule has 1 atom stereocenters. The first kappa shape index (κ1) is 18.5. The van der Waals surface area contributed by atoms with Crippen molar-refractivity contribution in [2.45, 2.75) is 38.8 Å². The summed E-state index contributed by atoms with van der Waals surface area (Å²) in [5.74, 6) is -1.13. The van der Waals surface area contributed by atoms with E-state index in [-0.39, 0.29) is 6.42 Å². The van der Waals surface area contributed by atoms with Gasteiger partial charge in [-0.15, -0.1) is 0 Å². The van der Waals surface area contributed by atoms with Crippen LogP contribution in [-0.4, -0.2) is 41.7 Å². The molecule has 0 radical (unpaired) electrons. The average Bonchev–Trinajstić information content (AvgIpc) is 2.44. The van der Waals surface area contributed by atoms with Crippen molar-refractivity contribution >= 4 is 17.8 Å². The van der Waals surface area contributed by atoms with Crippen molar-refractivity contribution in [1.82, 2.24) is 5.32 Å². The molecule has 0 aliphatic rings. The van der Waals surface area contributed by atoms with Gasteiger partial charge in [0.1, 0.15) is 17.4 Å². The van der Waals surface area contributed by atoms with Gasteiger partial charge in [-0.05, 0) is 45.0 Å². The van der Waals surface area contributed by atoms with Gasteiger partial charge in [0.2, 0.25) is 0 Å². The first-order chi connectivity index (χ1) is 10.6. The number of nitrogens with one attached hydrogen (secondary N) is 1. The third-order valence-electron chi connectivity index (χ3n) is 2.79. The van der Waals surface area contributed by atoms with Crippen LogP contribution in [0.4, 0.5) is 4.79 Å². The smallest absolute Gasteiger partial charge is 0.408 e. The van der Waals surface area contributed by atoms with E-state index in [0.29, 0.717) is 11.3 Å². The van der Waals surface area contributed by atoms with Gasteiger partial charge in [0.15, 0.2) is 5.78 Å². The summed E-state index contributed by atoms with van der Waals surface area (Å²) in [6.07, 6.45) is -1.26. The highest BCUT2D eigenvalue weighted by Crippen LogP contribution is 2.14. The molecule has 7 nitrogen and oxygen atoms in total. The molecule has 0 bridgehead atoms. The van der Waals surface area contributed by atoms with E-state index < -0.39 is 29.5 Å². The average molecular weight is 323 g/mol. The number of ether oxygens (including phenoxy) is 2. The van der Waals surface area contributed by atoms with E-state index in [1.807, 2.05) is 0 Å². The SMILES string of the molecule is COc1ccc(C(=O)C[C@@H](NC(=O)OC(C)(C)C)C(=O)O)cc1. The van der Waals surface area contributed by atoms with Crippen molar-refractivity contribution in [3.63, 3.8) is 0 Å². The molecule has 0 aliphatic heterocycles. The van der Waals surface area contributed by atoms with Crippen LogP contribution in [0.5, 0.6) is 5.75 Å². The van der Waals surface area contributed by atoms with Crippen LogP contribution in [0.15, 0.2) is 24.3 Å². The number of hydrogen-bond donors (Lipinski definition) is 2. The zero-order chi connectivity index (χ0) is 17.6. The van der Waals surface area contributed by atoms with E-state index in [2.05, 4.69) is 5.32 Å². The zero-order valence-electron chi connectivity index (χ0n) is 13.6. The van der Waals surface area contributed by atoms with Gasteiger partial charge in [-0.2, -0.15) is 0 Å². The molecule has 1 aromatic carbocycles. The number of alkyl carbamates (subject to hydrolysis) is 1. The van der Waals surface area contributed by atoms with Crippen LogP contribution in [0.25, 0.3) is 0 Å². The van der Waals surface area contributed by atoms with E-state index in [1.165, 1.54) is 19.2 Å². The Balaban J connectivity index is 2.73. The highest BCUT2D eigenvalue weighted by molar-refractivity contribution is 5.99. The Morgan fingerprint density at radius 1 is 1.17 bits per heavy atom. The number of aliphatic carboxylic acids is 1. The van der Waals surface area contributed by atoms with Crippen LogP contribution in [0.2, 0.25) is 0 Å². The van der Waals surface area contributed by atoms with E-state index in [0.717, 1.165) is 0 Å². The highest BCUT2D eigenvalue weighted by atomic mass is 16.6. The minimum Gasteiger partial charge on any atom is -0.497 e. The molecule has 0 aromatic heterocycles. The van der Waals surface area contributed by atoms with Crippen molar-refractivity contribution in [2.24, 2.45) is 0 Å². The number of carbonyl (C=O) groups is 3. The molecule has 23 heavy (non-hydrogen) atoms. The second-order valence-electron chi connectivity index (χ2n) is 5.89. The maximum Gasteiger partial charge on any atom is 0.408 e. The van der Waals surface area contributed by atoms with Gasteiger partial charge < -0.3 is 19.9 Å². The lowest BCUT2D eigenvalue weighted by atomic mass is 10.0. The van der Waals surface area contributed by atoms with Crippen LogP contribution in [0.1, 0.15) is 37.6 Å². The van der Waals surface area contributed by atoms with Gasteiger partial charge in [0, 0.05) is 12.0 Å². The Bertz CT molecular complexity index is 573. The number of carboxylic acids is 1. The van der Waals surface area contributed by atoms with E-state index in [9.17, 15) is 14.4 Å². The molecule has 1 amide bonds. The number of benzene rings is 1. The number of carboxylic acid groups (broad SMARTS) is 1. The highest BCUT2D eigenvalue weighted by Gasteiger charge is 2.26. The van der Waals surface area contributed by atoms with Crippen LogP contribution in [-0.2, 0) is 9.53 Å². The van der Waals surface area contributed by atoms with Crippen molar-refractivity contribution in [1.29, 1.82) is 0 Å². The molecular formula is C16H21NO6. The number of hydrogen-bond acceptors (Lipinski definition) is 5. The molecule has 2 N–H and O–H groups in total. The molecule has 0 aliphatic carbocycles. The summed E-state index contributed by atoms with van der Waals surface area (Å²) in [6, 6.07) is 4.91. The molecule has 126 valence electrons. The molecular weight excluding hydrogens is 302 g/mol. The predicted molar refractivity (Wildman–Crippen MR) is 82.7 cm³/mol. The molecule has 0 saturated carbocycles. The molecule has 0 spiro atoms. The van der Waals surface area contributed by atoms with Gasteiger partial charge in [-0.3, -0.25) is 4.79 Å². The number of ketones is 1. The van der Waals surface area contributed by atoms with E-state index in [1.54, 1.807) is 32.9 Å². The number of Topliss-reactive ketones (excluding diaryl/α,β-unsaturated/α-hetero) is 1. The monoisotopic (exact) mass is 323 g/mol. The Morgan fingerprint density at radius 3 is 2.17 bits per heavy atom. The van der Waals surface area contributed by atoms with Crippen molar-refractivity contribution < 1.29 is 29.0 Å². The summed E-state index contributed by atoms with van der Waals surface area (Å²) in [4.78, 5) is 35.0. The second-order valence-corrected chi connectivity index (χ2v) is 5.89. The third-order valence-corrected chi connectivity index (χ3v) is 2.79. The Labute approximate surface area is 134 Å². The standard InChI is InChI=1S/C16H21NO6/c1-16(2,3)23-15(21)17-12(14(19)20)9-13(18)10-5-7-11(22-4)8-6-10/h5-8,12H,9H2,1-4H3,(H,17,21)(H,19,20)/t12-/m1/s1. The summed E-state index contributed by atoms with van der Waals surface area (Å²) in [7, 11) is 1.50. The topological polar surface area (TPSA) is 102 Å². The summed E-state index contributed by atoms with van der Waals surface area (Å²) < 4.78 is 9.98. The van der Waals surface area contributed by atoms with E-state index >= 15 is 0 Å². The van der Waals surface area contributed by atoms with Gasteiger partial charge in [-0.1, -0.05) is 0 Å². The van der Waals surface area contributed by atoms with Crippen LogP contribution >= 0.6 is 0 Å². The Morgan fingerprint density at radius 2 is 1.74 bits per heavy atom. The van der Waals surface area contributed by atoms with Gasteiger partial charge in [-0.25, -0.2) is 9.59 Å². The van der Waals surface area contributed by atoms with E-state index in [4.69, 9.17) is 14.6 Å². The van der Waals surface area contributed by atoms with Crippen molar-refractivity contribution in [3.05, 3.63) is 29.8 Å². The van der Waals surface area contributed by atoms with Crippen molar-refractivity contribution in [3.8, 4) is 5.75 Å². The quantitative estimate of drug-likeness (QED) is 0.779. The van der Waals surface area contributed by atoms with Crippen LogP contribution < -0.4 is 10.1 Å². The largest absolute Gasteiger partial charge is 0.497 e. The minimum absolute atomic E-state index is 0.336. The molecule has 0 heterocycles. The molecule has 1 aromatic rings. The summed E-state index contributed by atoms with van der Waals surface area (Å²) in [6.45, 7) is 4.97. The maximum atomic E-state index is 12.1. The molecule has 0 saturated heterocycles. The van der Waals surface area contributed by atoms with Gasteiger partial charge in [0.05, 0.1) is 7.11 Å². The summed E-state index contributed by atoms with van der Waals surface area (Å²) in [5.41, 5.74) is -0.421. The fourth-order valence-electron chi connectivity index (χ4n) is 1.73. The first-order valence-electron chi connectivity index (χ1n) is 7.02. The zero-order valence-corrected chi connectivity index (χ0v) is 13.6. The fourth-order valence-corrected chi connectivity index (χ4v) is 1.73. The summed E-state index contributed by atoms with van der Waals surface area (Å²) in [5, 5.41) is 11.3. The lowest BCUT2D eigenvalue weighted by Gasteiger charge is -2.21. The predicted octanol–water partition coefficient (Wildman–Crippen LogP) is 2.25. The maximum absolute atomic E-state index is 12.1. The Hall–Kier alpha value is -2.57. The van der Waals surface area contributed by atoms with Gasteiger partial charge >= 0.3 is 12.1 Å². The molecule has 0 unspecified atom stereocenters. The number of methoxy groups -OCH3 is 1. The third kappa shape index (κ3) is 6.37. The number of carbonyl (C=O) groups excluding carboxylic acids is 2. The molecule has 1 rings (SSSR count). The number of rotatable bonds is 6. The Kier molecular flexibility index (Phi) is 6.12. The number of amides is 1.